The summed E-state index contributed by atoms with van der Waals surface area (Å²) in [6.07, 6.45) is 0.318. The Hall–Kier alpha value is -3.84. The normalized spacial score (nSPS) is 17.2. The SMILES string of the molecule is CC[C@H]1COC(=O)N1c1nc(C)nc(N[C@@H](C)c2cn(-c3cnc(C(F)(F)F)cn3)cn2)n1. The number of carbonyl (C=O) groups is 1. The van der Waals surface area contributed by atoms with Gasteiger partial charge in [0.25, 0.3) is 0 Å². The van der Waals surface area contributed by atoms with Gasteiger partial charge in [-0.2, -0.15) is 28.1 Å². The van der Waals surface area contributed by atoms with Gasteiger partial charge in [0.2, 0.25) is 11.9 Å². The monoisotopic (exact) mass is 463 g/mol. The van der Waals surface area contributed by atoms with Crippen LogP contribution in [0.2, 0.25) is 0 Å². The first-order chi connectivity index (χ1) is 15.7. The minimum absolute atomic E-state index is 0.162. The quantitative estimate of drug-likeness (QED) is 0.587. The Kier molecular flexibility index (Phi) is 5.82. The fourth-order valence-electron chi connectivity index (χ4n) is 3.20. The van der Waals surface area contributed by atoms with Gasteiger partial charge in [0, 0.05) is 6.20 Å². The summed E-state index contributed by atoms with van der Waals surface area (Å²) < 4.78 is 44.6. The van der Waals surface area contributed by atoms with Gasteiger partial charge in [0.05, 0.1) is 30.2 Å². The molecule has 1 saturated heterocycles. The minimum atomic E-state index is -4.56. The molecule has 4 heterocycles. The molecule has 1 fully saturated rings. The number of nitrogens with one attached hydrogen (secondary N) is 1. The number of halogens is 3. The van der Waals surface area contributed by atoms with Crippen molar-refractivity contribution >= 4 is 18.0 Å². The van der Waals surface area contributed by atoms with E-state index in [4.69, 9.17) is 4.74 Å². The third kappa shape index (κ3) is 4.68. The lowest BCUT2D eigenvalue weighted by Crippen LogP contribution is -2.34. The Morgan fingerprint density at radius 3 is 2.67 bits per heavy atom. The Morgan fingerprint density at radius 1 is 1.21 bits per heavy atom. The first kappa shape index (κ1) is 22.4. The molecule has 0 radical (unpaired) electrons. The van der Waals surface area contributed by atoms with E-state index in [9.17, 15) is 18.0 Å². The van der Waals surface area contributed by atoms with Gasteiger partial charge in [-0.1, -0.05) is 6.92 Å². The molecule has 0 bridgehead atoms. The molecule has 1 N–H and O–H groups in total. The molecule has 0 unspecified atom stereocenters. The number of cyclic esters (lactones) is 1. The van der Waals surface area contributed by atoms with Crippen LogP contribution in [0.25, 0.3) is 5.82 Å². The molecule has 0 aromatic carbocycles. The largest absolute Gasteiger partial charge is 0.447 e. The highest BCUT2D eigenvalue weighted by molar-refractivity contribution is 5.88. The lowest BCUT2D eigenvalue weighted by molar-refractivity contribution is -0.141. The van der Waals surface area contributed by atoms with Crippen molar-refractivity contribution in [3.63, 3.8) is 0 Å². The zero-order valence-electron chi connectivity index (χ0n) is 17.9. The number of nitrogens with zero attached hydrogens (tertiary/aromatic N) is 8. The second kappa shape index (κ2) is 8.60. The van der Waals surface area contributed by atoms with Gasteiger partial charge in [-0.05, 0) is 20.3 Å². The van der Waals surface area contributed by atoms with E-state index in [1.165, 1.54) is 15.8 Å². The number of anilines is 2. The number of aryl methyl sites for hydroxylation is 1. The molecule has 14 heteroatoms. The Morgan fingerprint density at radius 2 is 2.00 bits per heavy atom. The van der Waals surface area contributed by atoms with Crippen molar-refractivity contribution in [2.45, 2.75) is 45.5 Å². The van der Waals surface area contributed by atoms with Gasteiger partial charge < -0.3 is 10.1 Å². The first-order valence-electron chi connectivity index (χ1n) is 10.0. The average molecular weight is 463 g/mol. The first-order valence-corrected chi connectivity index (χ1v) is 10.0. The molecular formula is C19H20F3N9O2. The average Bonchev–Trinajstić information content (AvgIpc) is 3.39. The van der Waals surface area contributed by atoms with Crippen molar-refractivity contribution in [2.75, 3.05) is 16.8 Å². The molecule has 1 amide bonds. The van der Waals surface area contributed by atoms with Crippen molar-refractivity contribution in [1.29, 1.82) is 0 Å². The number of alkyl halides is 3. The van der Waals surface area contributed by atoms with Gasteiger partial charge in [-0.15, -0.1) is 0 Å². The molecular weight excluding hydrogens is 443 g/mol. The third-order valence-electron chi connectivity index (χ3n) is 4.97. The third-order valence-corrected chi connectivity index (χ3v) is 4.97. The van der Waals surface area contributed by atoms with E-state index in [2.05, 4.69) is 35.2 Å². The molecule has 1 aliphatic heterocycles. The molecule has 0 spiro atoms. The summed E-state index contributed by atoms with van der Waals surface area (Å²) in [4.78, 5) is 37.9. The van der Waals surface area contributed by atoms with Crippen LogP contribution in [-0.2, 0) is 10.9 Å². The van der Waals surface area contributed by atoms with E-state index < -0.39 is 18.0 Å². The standard InChI is InChI=1S/C19H20F3N9O2/c1-4-12-8-33-18(32)31(12)17-28-11(3)27-16(29-17)26-10(2)13-7-30(9-25-13)15-6-23-14(5-24-15)19(20,21)22/h5-7,9-10,12H,4,8H2,1-3H3,(H,26,27,28,29)/t10-,12-/m0/s1. The van der Waals surface area contributed by atoms with Gasteiger partial charge >= 0.3 is 12.3 Å². The van der Waals surface area contributed by atoms with Gasteiger partial charge in [0.1, 0.15) is 18.8 Å². The lowest BCUT2D eigenvalue weighted by atomic mass is 10.2. The zero-order valence-corrected chi connectivity index (χ0v) is 17.9. The highest BCUT2D eigenvalue weighted by Gasteiger charge is 2.35. The van der Waals surface area contributed by atoms with E-state index in [0.29, 0.717) is 24.1 Å². The van der Waals surface area contributed by atoms with Crippen molar-refractivity contribution < 1.29 is 22.7 Å². The molecule has 3 aromatic heterocycles. The predicted molar refractivity (Wildman–Crippen MR) is 109 cm³/mol. The molecule has 0 saturated carbocycles. The molecule has 4 rings (SSSR count). The molecule has 2 atom stereocenters. The van der Waals surface area contributed by atoms with Crippen LogP contribution in [-0.4, -0.2) is 53.2 Å². The summed E-state index contributed by atoms with van der Waals surface area (Å²) in [5.41, 5.74) is -0.516. The summed E-state index contributed by atoms with van der Waals surface area (Å²) in [7, 11) is 0. The Bertz CT molecular complexity index is 1150. The number of rotatable bonds is 6. The number of amides is 1. The van der Waals surface area contributed by atoms with Crippen LogP contribution < -0.4 is 10.2 Å². The maximum atomic E-state index is 12.7. The highest BCUT2D eigenvalue weighted by Crippen LogP contribution is 2.27. The Balaban J connectivity index is 1.51. The van der Waals surface area contributed by atoms with E-state index >= 15 is 0 Å². The van der Waals surface area contributed by atoms with Crippen LogP contribution in [0.5, 0.6) is 0 Å². The topological polar surface area (TPSA) is 124 Å². The van der Waals surface area contributed by atoms with E-state index in [1.807, 2.05) is 13.8 Å². The van der Waals surface area contributed by atoms with E-state index in [0.717, 1.165) is 6.20 Å². The van der Waals surface area contributed by atoms with Crippen LogP contribution in [0.3, 0.4) is 0 Å². The zero-order chi connectivity index (χ0) is 23.8. The summed E-state index contributed by atoms with van der Waals surface area (Å²) >= 11 is 0. The van der Waals surface area contributed by atoms with Crippen molar-refractivity contribution in [3.05, 3.63) is 42.1 Å². The molecule has 0 aliphatic carbocycles. The van der Waals surface area contributed by atoms with Crippen LogP contribution >= 0.6 is 0 Å². The number of ether oxygens (including phenoxy) is 1. The maximum absolute atomic E-state index is 12.7. The molecule has 3 aromatic rings. The van der Waals surface area contributed by atoms with Crippen LogP contribution in [0, 0.1) is 6.92 Å². The minimum Gasteiger partial charge on any atom is -0.447 e. The fourth-order valence-corrected chi connectivity index (χ4v) is 3.20. The summed E-state index contributed by atoms with van der Waals surface area (Å²) in [6, 6.07) is -0.541. The summed E-state index contributed by atoms with van der Waals surface area (Å²) in [6.45, 7) is 5.69. The molecule has 11 nitrogen and oxygen atoms in total. The molecule has 1 aliphatic rings. The van der Waals surface area contributed by atoms with Crippen molar-refractivity contribution in [3.8, 4) is 5.82 Å². The number of aromatic nitrogens is 7. The smallest absolute Gasteiger partial charge is 0.434 e. The maximum Gasteiger partial charge on any atom is 0.434 e. The molecule has 33 heavy (non-hydrogen) atoms. The number of hydrogen-bond donors (Lipinski definition) is 1. The van der Waals surface area contributed by atoms with Crippen molar-refractivity contribution in [2.24, 2.45) is 0 Å². The predicted octanol–water partition coefficient (Wildman–Crippen LogP) is 3.08. The number of hydrogen-bond acceptors (Lipinski definition) is 9. The van der Waals surface area contributed by atoms with Gasteiger partial charge in [-0.3, -0.25) is 4.57 Å². The fraction of sp³-hybridized carbons (Fsp3) is 0.421. The van der Waals surface area contributed by atoms with Gasteiger partial charge in [-0.25, -0.2) is 24.6 Å². The van der Waals surface area contributed by atoms with Crippen LogP contribution in [0.1, 0.15) is 43.5 Å². The van der Waals surface area contributed by atoms with Crippen molar-refractivity contribution in [1.82, 2.24) is 34.5 Å². The number of carbonyl (C=O) groups excluding carboxylic acids is 1. The van der Waals surface area contributed by atoms with Crippen LogP contribution in [0.15, 0.2) is 24.9 Å². The highest BCUT2D eigenvalue weighted by atomic mass is 19.4. The van der Waals surface area contributed by atoms with Crippen LogP contribution in [0.4, 0.5) is 29.9 Å². The Labute approximate surface area is 186 Å². The lowest BCUT2D eigenvalue weighted by Gasteiger charge is -2.19. The van der Waals surface area contributed by atoms with E-state index in [1.54, 1.807) is 13.1 Å². The molecule has 174 valence electrons. The second-order valence-corrected chi connectivity index (χ2v) is 7.34. The van der Waals surface area contributed by atoms with Gasteiger partial charge in [0.15, 0.2) is 11.5 Å². The summed E-state index contributed by atoms with van der Waals surface area (Å²) in [5.74, 6) is 1.03. The number of imidazole rings is 1. The van der Waals surface area contributed by atoms with E-state index in [-0.39, 0.29) is 36.4 Å². The second-order valence-electron chi connectivity index (χ2n) is 7.34. The summed E-state index contributed by atoms with van der Waals surface area (Å²) in [5, 5.41) is 3.10.